The fourth-order valence-electron chi connectivity index (χ4n) is 1.57. The molecule has 2 nitrogen and oxygen atoms in total. The minimum atomic E-state index is 0.0578. The Kier molecular flexibility index (Phi) is 5.42. The van der Waals surface area contributed by atoms with Crippen molar-refractivity contribution in [3.63, 3.8) is 0 Å². The van der Waals surface area contributed by atoms with E-state index in [9.17, 15) is 4.79 Å². The van der Waals surface area contributed by atoms with E-state index in [1.165, 1.54) is 5.56 Å². The Bertz CT molecular complexity index is 422. The predicted octanol–water partition coefficient (Wildman–Crippen LogP) is 3.64. The first-order chi connectivity index (χ1) is 8.08. The summed E-state index contributed by atoms with van der Waals surface area (Å²) in [4.78, 5) is 13.6. The van der Waals surface area contributed by atoms with Gasteiger partial charge in [0.15, 0.2) is 0 Å². The van der Waals surface area contributed by atoms with Gasteiger partial charge in [-0.15, -0.1) is 0 Å². The van der Waals surface area contributed by atoms with E-state index < -0.39 is 0 Å². The van der Waals surface area contributed by atoms with Gasteiger partial charge in [-0.1, -0.05) is 28.1 Å². The summed E-state index contributed by atoms with van der Waals surface area (Å²) in [6.07, 6.45) is 3.48. The van der Waals surface area contributed by atoms with Crippen LogP contribution in [-0.2, 0) is 4.79 Å². The maximum Gasteiger partial charge on any atom is 0.246 e. The minimum absolute atomic E-state index is 0.0578. The van der Waals surface area contributed by atoms with E-state index in [-0.39, 0.29) is 5.91 Å². The van der Waals surface area contributed by atoms with Gasteiger partial charge >= 0.3 is 0 Å². The van der Waals surface area contributed by atoms with Crippen LogP contribution in [0.5, 0.6) is 0 Å². The van der Waals surface area contributed by atoms with Crippen molar-refractivity contribution in [1.29, 1.82) is 0 Å². The molecule has 0 bridgehead atoms. The van der Waals surface area contributed by atoms with Crippen molar-refractivity contribution in [2.45, 2.75) is 20.8 Å². The molecule has 0 N–H and O–H groups in total. The number of carbonyl (C=O) groups is 1. The SMILES string of the molecule is CCN(CC)C(=O)C=Cc1ccc(C)cc1Br. The average Bonchev–Trinajstić information content (AvgIpc) is 2.29. The van der Waals surface area contributed by atoms with Crippen LogP contribution in [-0.4, -0.2) is 23.9 Å². The molecule has 0 fully saturated rings. The van der Waals surface area contributed by atoms with Gasteiger partial charge in [-0.25, -0.2) is 0 Å². The molecule has 0 unspecified atom stereocenters. The fourth-order valence-corrected chi connectivity index (χ4v) is 2.19. The lowest BCUT2D eigenvalue weighted by molar-refractivity contribution is -0.125. The van der Waals surface area contributed by atoms with Crippen molar-refractivity contribution >= 4 is 27.9 Å². The Labute approximate surface area is 111 Å². The molecular formula is C14H18BrNO. The van der Waals surface area contributed by atoms with E-state index in [1.54, 1.807) is 11.0 Å². The van der Waals surface area contributed by atoms with Gasteiger partial charge in [0, 0.05) is 23.6 Å². The quantitative estimate of drug-likeness (QED) is 0.777. The van der Waals surface area contributed by atoms with Gasteiger partial charge in [0.05, 0.1) is 0 Å². The van der Waals surface area contributed by atoms with Gasteiger partial charge in [-0.3, -0.25) is 4.79 Å². The molecule has 0 heterocycles. The highest BCUT2D eigenvalue weighted by Gasteiger charge is 2.05. The van der Waals surface area contributed by atoms with Crippen molar-refractivity contribution < 1.29 is 4.79 Å². The summed E-state index contributed by atoms with van der Waals surface area (Å²) in [5.41, 5.74) is 2.22. The number of benzene rings is 1. The van der Waals surface area contributed by atoms with Crippen LogP contribution in [0.3, 0.4) is 0 Å². The molecule has 17 heavy (non-hydrogen) atoms. The average molecular weight is 296 g/mol. The van der Waals surface area contributed by atoms with E-state index in [0.29, 0.717) is 0 Å². The monoisotopic (exact) mass is 295 g/mol. The number of amides is 1. The van der Waals surface area contributed by atoms with E-state index >= 15 is 0 Å². The largest absolute Gasteiger partial charge is 0.340 e. The number of rotatable bonds is 4. The number of nitrogens with zero attached hydrogens (tertiary/aromatic N) is 1. The Balaban J connectivity index is 2.80. The third-order valence-corrected chi connectivity index (χ3v) is 3.32. The molecule has 0 aliphatic carbocycles. The molecule has 0 aromatic heterocycles. The van der Waals surface area contributed by atoms with Crippen LogP contribution in [0.1, 0.15) is 25.0 Å². The molecule has 1 aromatic carbocycles. The molecule has 0 atom stereocenters. The highest BCUT2D eigenvalue weighted by molar-refractivity contribution is 9.10. The number of aryl methyl sites for hydroxylation is 1. The number of halogens is 1. The van der Waals surface area contributed by atoms with Crippen LogP contribution in [0.15, 0.2) is 28.7 Å². The van der Waals surface area contributed by atoms with Crippen molar-refractivity contribution in [1.82, 2.24) is 4.90 Å². The second-order valence-corrected chi connectivity index (χ2v) is 4.72. The van der Waals surface area contributed by atoms with Gasteiger partial charge in [0.1, 0.15) is 0 Å². The molecule has 0 aliphatic rings. The normalized spacial score (nSPS) is 10.8. The summed E-state index contributed by atoms with van der Waals surface area (Å²) in [6, 6.07) is 6.08. The van der Waals surface area contributed by atoms with E-state index in [0.717, 1.165) is 23.1 Å². The first-order valence-electron chi connectivity index (χ1n) is 5.81. The fraction of sp³-hybridized carbons (Fsp3) is 0.357. The lowest BCUT2D eigenvalue weighted by atomic mass is 10.1. The van der Waals surface area contributed by atoms with Crippen molar-refractivity contribution in [2.24, 2.45) is 0 Å². The summed E-state index contributed by atoms with van der Waals surface area (Å²) < 4.78 is 1.01. The molecule has 0 spiro atoms. The van der Waals surface area contributed by atoms with Crippen molar-refractivity contribution in [2.75, 3.05) is 13.1 Å². The first-order valence-corrected chi connectivity index (χ1v) is 6.61. The summed E-state index contributed by atoms with van der Waals surface area (Å²) in [5, 5.41) is 0. The third kappa shape index (κ3) is 4.00. The van der Waals surface area contributed by atoms with Crippen LogP contribution in [0, 0.1) is 6.92 Å². The number of hydrogen-bond donors (Lipinski definition) is 0. The summed E-state index contributed by atoms with van der Waals surface area (Å²) in [7, 11) is 0. The minimum Gasteiger partial charge on any atom is -0.340 e. The maximum atomic E-state index is 11.8. The molecule has 3 heteroatoms. The van der Waals surface area contributed by atoms with Crippen LogP contribution in [0.25, 0.3) is 6.08 Å². The topological polar surface area (TPSA) is 20.3 Å². The van der Waals surface area contributed by atoms with Gasteiger partial charge in [0.25, 0.3) is 0 Å². The van der Waals surface area contributed by atoms with E-state index in [1.807, 2.05) is 45.0 Å². The zero-order chi connectivity index (χ0) is 12.8. The Morgan fingerprint density at radius 3 is 2.53 bits per heavy atom. The zero-order valence-electron chi connectivity index (χ0n) is 10.5. The molecule has 92 valence electrons. The van der Waals surface area contributed by atoms with Gasteiger partial charge in [-0.2, -0.15) is 0 Å². The van der Waals surface area contributed by atoms with Crippen LogP contribution in [0.4, 0.5) is 0 Å². The highest BCUT2D eigenvalue weighted by Crippen LogP contribution is 2.19. The second kappa shape index (κ2) is 6.60. The van der Waals surface area contributed by atoms with Crippen molar-refractivity contribution in [3.05, 3.63) is 39.9 Å². The van der Waals surface area contributed by atoms with Crippen LogP contribution < -0.4 is 0 Å². The van der Waals surface area contributed by atoms with E-state index in [2.05, 4.69) is 15.9 Å². The molecule has 1 aromatic rings. The van der Waals surface area contributed by atoms with Crippen LogP contribution >= 0.6 is 15.9 Å². The Morgan fingerprint density at radius 2 is 2.00 bits per heavy atom. The standard InChI is InChI=1S/C14H18BrNO/c1-4-16(5-2)14(17)9-8-12-7-6-11(3)10-13(12)15/h6-10H,4-5H2,1-3H3. The Morgan fingerprint density at radius 1 is 1.35 bits per heavy atom. The highest BCUT2D eigenvalue weighted by atomic mass is 79.9. The summed E-state index contributed by atoms with van der Waals surface area (Å²) >= 11 is 3.49. The second-order valence-electron chi connectivity index (χ2n) is 3.87. The Hall–Kier alpha value is -1.09. The van der Waals surface area contributed by atoms with Gasteiger partial charge in [0.2, 0.25) is 5.91 Å². The zero-order valence-corrected chi connectivity index (χ0v) is 12.1. The smallest absolute Gasteiger partial charge is 0.246 e. The predicted molar refractivity (Wildman–Crippen MR) is 75.8 cm³/mol. The summed E-state index contributed by atoms with van der Waals surface area (Å²) in [6.45, 7) is 7.50. The molecule has 1 amide bonds. The van der Waals surface area contributed by atoms with Gasteiger partial charge < -0.3 is 4.90 Å². The molecule has 1 rings (SSSR count). The lowest BCUT2D eigenvalue weighted by Crippen LogP contribution is -2.28. The van der Waals surface area contributed by atoms with Crippen LogP contribution in [0.2, 0.25) is 0 Å². The molecule has 0 radical (unpaired) electrons. The van der Waals surface area contributed by atoms with E-state index in [4.69, 9.17) is 0 Å². The summed E-state index contributed by atoms with van der Waals surface area (Å²) in [5.74, 6) is 0.0578. The molecule has 0 saturated carbocycles. The molecule has 0 saturated heterocycles. The van der Waals surface area contributed by atoms with Gasteiger partial charge in [-0.05, 0) is 44.0 Å². The number of hydrogen-bond acceptors (Lipinski definition) is 1. The molecule has 0 aliphatic heterocycles. The van der Waals surface area contributed by atoms with Crippen molar-refractivity contribution in [3.8, 4) is 0 Å². The maximum absolute atomic E-state index is 11.8. The number of likely N-dealkylation sites (N-methyl/N-ethyl adjacent to an activating group) is 1. The first kappa shape index (κ1) is 14.0. The third-order valence-electron chi connectivity index (χ3n) is 2.64. The molecular weight excluding hydrogens is 278 g/mol. The number of carbonyl (C=O) groups excluding carboxylic acids is 1. The lowest BCUT2D eigenvalue weighted by Gasteiger charge is -2.15.